The van der Waals surface area contributed by atoms with Gasteiger partial charge >= 0.3 is 12.1 Å². The van der Waals surface area contributed by atoms with Gasteiger partial charge in [0, 0.05) is 18.1 Å². The molecular weight excluding hydrogens is 331 g/mol. The molecule has 0 unspecified atom stereocenters. The van der Waals surface area contributed by atoms with Crippen LogP contribution in [0.3, 0.4) is 0 Å². The van der Waals surface area contributed by atoms with Crippen LogP contribution in [0.1, 0.15) is 0 Å². The Morgan fingerprint density at radius 3 is 2.24 bits per heavy atom. The van der Waals surface area contributed by atoms with E-state index in [0.29, 0.717) is 16.4 Å². The summed E-state index contributed by atoms with van der Waals surface area (Å²) in [4.78, 5) is 11.8. The Labute approximate surface area is 142 Å². The average molecular weight is 345 g/mol. The molecule has 0 spiro atoms. The Kier molecular flexibility index (Phi) is 4.35. The monoisotopic (exact) mass is 345 g/mol. The second-order valence-electron chi connectivity index (χ2n) is 5.44. The van der Waals surface area contributed by atoms with E-state index in [1.165, 1.54) is 24.3 Å². The zero-order valence-electron chi connectivity index (χ0n) is 13.2. The Bertz CT molecular complexity index is 899. The second-order valence-corrected chi connectivity index (χ2v) is 5.44. The molecule has 3 rings (SSSR count). The summed E-state index contributed by atoms with van der Waals surface area (Å²) in [6.45, 7) is 0. The fourth-order valence-electron chi connectivity index (χ4n) is 2.46. The first-order valence-electron chi connectivity index (χ1n) is 7.47. The standard InChI is InChI=1S/C19H14F3NO2/c1-23(18(24)19(20,21)22)14-9-11-15(12-10-14)25-17-8-4-6-13-5-2-3-7-16(13)17/h2-12H,1H3. The van der Waals surface area contributed by atoms with Crippen molar-refractivity contribution in [2.75, 3.05) is 11.9 Å². The lowest BCUT2D eigenvalue weighted by Gasteiger charge is -2.19. The van der Waals surface area contributed by atoms with Crippen LogP contribution >= 0.6 is 0 Å². The first-order valence-corrected chi connectivity index (χ1v) is 7.47. The predicted octanol–water partition coefficient (Wildman–Crippen LogP) is 5.16. The van der Waals surface area contributed by atoms with Crippen LogP contribution in [0.15, 0.2) is 66.7 Å². The van der Waals surface area contributed by atoms with Crippen molar-refractivity contribution in [3.63, 3.8) is 0 Å². The number of halogens is 3. The molecule has 0 saturated carbocycles. The van der Waals surface area contributed by atoms with Gasteiger partial charge in [-0.15, -0.1) is 0 Å². The van der Waals surface area contributed by atoms with Crippen molar-refractivity contribution < 1.29 is 22.7 Å². The minimum absolute atomic E-state index is 0.132. The van der Waals surface area contributed by atoms with Gasteiger partial charge in [0.1, 0.15) is 11.5 Å². The second kappa shape index (κ2) is 6.47. The first-order chi connectivity index (χ1) is 11.9. The smallest absolute Gasteiger partial charge is 0.457 e. The third kappa shape index (κ3) is 3.57. The topological polar surface area (TPSA) is 29.5 Å². The van der Waals surface area contributed by atoms with E-state index in [1.807, 2.05) is 42.5 Å². The molecule has 0 bridgehead atoms. The number of hydrogen-bond acceptors (Lipinski definition) is 2. The van der Waals surface area contributed by atoms with Crippen LogP contribution < -0.4 is 9.64 Å². The summed E-state index contributed by atoms with van der Waals surface area (Å²) in [5.41, 5.74) is 0.132. The predicted molar refractivity (Wildman–Crippen MR) is 89.9 cm³/mol. The Morgan fingerprint density at radius 1 is 0.920 bits per heavy atom. The maximum absolute atomic E-state index is 12.5. The van der Waals surface area contributed by atoms with Crippen molar-refractivity contribution in [2.24, 2.45) is 0 Å². The number of carbonyl (C=O) groups is 1. The van der Waals surface area contributed by atoms with E-state index in [0.717, 1.165) is 17.8 Å². The van der Waals surface area contributed by atoms with Gasteiger partial charge in [0.05, 0.1) is 0 Å². The van der Waals surface area contributed by atoms with Crippen molar-refractivity contribution in [3.8, 4) is 11.5 Å². The normalized spacial score (nSPS) is 11.4. The Morgan fingerprint density at radius 2 is 1.56 bits per heavy atom. The summed E-state index contributed by atoms with van der Waals surface area (Å²) in [5.74, 6) is -0.811. The number of amides is 1. The highest BCUT2D eigenvalue weighted by molar-refractivity contribution is 5.96. The highest BCUT2D eigenvalue weighted by Gasteiger charge is 2.41. The van der Waals surface area contributed by atoms with Gasteiger partial charge in [-0.3, -0.25) is 4.79 Å². The molecule has 0 aliphatic carbocycles. The molecule has 6 heteroatoms. The first kappa shape index (κ1) is 16.8. The summed E-state index contributed by atoms with van der Waals surface area (Å²) in [5, 5.41) is 1.95. The number of alkyl halides is 3. The Hall–Kier alpha value is -3.02. The number of nitrogens with zero attached hydrogens (tertiary/aromatic N) is 1. The molecule has 3 nitrogen and oxygen atoms in total. The number of carbonyl (C=O) groups excluding carboxylic acids is 1. The van der Waals surface area contributed by atoms with Crippen LogP contribution in [0.5, 0.6) is 11.5 Å². The molecule has 0 radical (unpaired) electrons. The van der Waals surface area contributed by atoms with Crippen LogP contribution in [0, 0.1) is 0 Å². The van der Waals surface area contributed by atoms with Crippen LogP contribution in [-0.4, -0.2) is 19.1 Å². The number of hydrogen-bond donors (Lipinski definition) is 0. The van der Waals surface area contributed by atoms with Crippen LogP contribution in [-0.2, 0) is 4.79 Å². The summed E-state index contributed by atoms with van der Waals surface area (Å²) >= 11 is 0. The van der Waals surface area contributed by atoms with Crippen molar-refractivity contribution in [1.29, 1.82) is 0 Å². The van der Waals surface area contributed by atoms with Gasteiger partial charge in [-0.05, 0) is 35.7 Å². The Balaban J connectivity index is 1.82. The number of benzene rings is 3. The third-order valence-corrected chi connectivity index (χ3v) is 3.75. The van der Waals surface area contributed by atoms with Crippen molar-refractivity contribution >= 4 is 22.4 Å². The highest BCUT2D eigenvalue weighted by atomic mass is 19.4. The molecule has 25 heavy (non-hydrogen) atoms. The van der Waals surface area contributed by atoms with Crippen molar-refractivity contribution in [1.82, 2.24) is 0 Å². The van der Waals surface area contributed by atoms with Gasteiger partial charge in [0.15, 0.2) is 0 Å². The van der Waals surface area contributed by atoms with Crippen LogP contribution in [0.4, 0.5) is 18.9 Å². The molecule has 0 heterocycles. The average Bonchev–Trinajstić information content (AvgIpc) is 2.61. The molecule has 128 valence electrons. The van der Waals surface area contributed by atoms with E-state index in [1.54, 1.807) is 0 Å². The fourth-order valence-corrected chi connectivity index (χ4v) is 2.46. The van der Waals surface area contributed by atoms with Gasteiger partial charge in [-0.1, -0.05) is 36.4 Å². The molecule has 0 saturated heterocycles. The molecule has 0 aliphatic rings. The molecule has 1 amide bonds. The van der Waals surface area contributed by atoms with Crippen LogP contribution in [0.2, 0.25) is 0 Å². The van der Waals surface area contributed by atoms with E-state index in [-0.39, 0.29) is 5.69 Å². The van der Waals surface area contributed by atoms with E-state index in [2.05, 4.69) is 0 Å². The molecular formula is C19H14F3NO2. The van der Waals surface area contributed by atoms with E-state index >= 15 is 0 Å². The zero-order chi connectivity index (χ0) is 18.0. The molecule has 0 fully saturated rings. The van der Waals surface area contributed by atoms with Crippen LogP contribution in [0.25, 0.3) is 10.8 Å². The van der Waals surface area contributed by atoms with Gasteiger partial charge in [-0.25, -0.2) is 0 Å². The zero-order valence-corrected chi connectivity index (χ0v) is 13.2. The molecule has 0 N–H and O–H groups in total. The lowest BCUT2D eigenvalue weighted by molar-refractivity contribution is -0.170. The van der Waals surface area contributed by atoms with E-state index in [4.69, 9.17) is 4.74 Å². The van der Waals surface area contributed by atoms with Gasteiger partial charge in [0.25, 0.3) is 0 Å². The number of rotatable bonds is 3. The van der Waals surface area contributed by atoms with E-state index < -0.39 is 12.1 Å². The maximum Gasteiger partial charge on any atom is 0.471 e. The SMILES string of the molecule is CN(C(=O)C(F)(F)F)c1ccc(Oc2cccc3ccccc23)cc1. The lowest BCUT2D eigenvalue weighted by Crippen LogP contribution is -2.38. The summed E-state index contributed by atoms with van der Waals surface area (Å²) in [6.07, 6.45) is -4.91. The summed E-state index contributed by atoms with van der Waals surface area (Å²) in [6, 6.07) is 19.2. The molecule has 3 aromatic rings. The quantitative estimate of drug-likeness (QED) is 0.656. The molecule has 0 aromatic heterocycles. The lowest BCUT2D eigenvalue weighted by atomic mass is 10.1. The minimum Gasteiger partial charge on any atom is -0.457 e. The number of fused-ring (bicyclic) bond motifs is 1. The van der Waals surface area contributed by atoms with E-state index in [9.17, 15) is 18.0 Å². The van der Waals surface area contributed by atoms with Crippen molar-refractivity contribution in [3.05, 3.63) is 66.7 Å². The molecule has 0 aliphatic heterocycles. The maximum atomic E-state index is 12.5. The highest BCUT2D eigenvalue weighted by Crippen LogP contribution is 2.31. The van der Waals surface area contributed by atoms with Crippen molar-refractivity contribution in [2.45, 2.75) is 6.18 Å². The van der Waals surface area contributed by atoms with Gasteiger partial charge in [-0.2, -0.15) is 13.2 Å². The van der Waals surface area contributed by atoms with Gasteiger partial charge in [0.2, 0.25) is 0 Å². The fraction of sp³-hybridized carbons (Fsp3) is 0.105. The minimum atomic E-state index is -4.91. The third-order valence-electron chi connectivity index (χ3n) is 3.75. The molecule has 0 atom stereocenters. The summed E-state index contributed by atoms with van der Waals surface area (Å²) < 4.78 is 43.3. The number of anilines is 1. The number of ether oxygens (including phenoxy) is 1. The van der Waals surface area contributed by atoms with Gasteiger partial charge < -0.3 is 9.64 Å². The summed E-state index contributed by atoms with van der Waals surface area (Å²) in [7, 11) is 1.08. The molecule has 3 aromatic carbocycles. The largest absolute Gasteiger partial charge is 0.471 e.